The third-order valence-electron chi connectivity index (χ3n) is 5.45. The van der Waals surface area contributed by atoms with E-state index in [-0.39, 0.29) is 12.5 Å². The van der Waals surface area contributed by atoms with Crippen LogP contribution in [0.2, 0.25) is 0 Å². The van der Waals surface area contributed by atoms with Gasteiger partial charge in [0.2, 0.25) is 0 Å². The Morgan fingerprint density at radius 1 is 1.03 bits per heavy atom. The van der Waals surface area contributed by atoms with Gasteiger partial charge in [-0.2, -0.15) is 5.10 Å². The van der Waals surface area contributed by atoms with Crippen molar-refractivity contribution >= 4 is 11.9 Å². The SMILES string of the molecule is COc1ccc(CCNC(=O)COC(=O)c2cc(C3CC3)nn2-c2ccccc2)cc1OC. The second-order valence-corrected chi connectivity index (χ2v) is 7.84. The molecule has 8 heteroatoms. The van der Waals surface area contributed by atoms with Gasteiger partial charge in [-0.3, -0.25) is 4.79 Å². The molecule has 0 bridgehead atoms. The molecule has 1 N–H and O–H groups in total. The summed E-state index contributed by atoms with van der Waals surface area (Å²) in [6.07, 6.45) is 2.75. The van der Waals surface area contributed by atoms with Gasteiger partial charge in [0.15, 0.2) is 23.8 Å². The standard InChI is InChI=1S/C25H27N3O5/c1-31-22-11-8-17(14-23(22)32-2)12-13-26-24(29)16-33-25(30)21-15-20(18-9-10-18)27-28(21)19-6-4-3-5-7-19/h3-8,11,14-15,18H,9-10,12-13,16H2,1-2H3,(H,26,29). The van der Waals surface area contributed by atoms with Crippen molar-refractivity contribution in [2.75, 3.05) is 27.4 Å². The summed E-state index contributed by atoms with van der Waals surface area (Å²) in [5, 5.41) is 7.37. The van der Waals surface area contributed by atoms with Crippen LogP contribution in [-0.4, -0.2) is 49.0 Å². The van der Waals surface area contributed by atoms with Crippen LogP contribution in [-0.2, 0) is 16.0 Å². The molecular formula is C25H27N3O5. The number of esters is 1. The fraction of sp³-hybridized carbons (Fsp3) is 0.320. The topological polar surface area (TPSA) is 91.7 Å². The minimum atomic E-state index is -0.576. The Kier molecular flexibility index (Phi) is 6.92. The molecule has 1 aliphatic rings. The lowest BCUT2D eigenvalue weighted by molar-refractivity contribution is -0.124. The lowest BCUT2D eigenvalue weighted by Gasteiger charge is -2.10. The van der Waals surface area contributed by atoms with Gasteiger partial charge >= 0.3 is 5.97 Å². The van der Waals surface area contributed by atoms with Gasteiger partial charge in [0.1, 0.15) is 0 Å². The summed E-state index contributed by atoms with van der Waals surface area (Å²) in [5.74, 6) is 0.735. The number of hydrogen-bond acceptors (Lipinski definition) is 6. The number of amides is 1. The molecule has 1 aliphatic carbocycles. The van der Waals surface area contributed by atoms with Gasteiger partial charge in [0.05, 0.1) is 25.6 Å². The first-order valence-electron chi connectivity index (χ1n) is 10.9. The fourth-order valence-corrected chi connectivity index (χ4v) is 3.53. The monoisotopic (exact) mass is 449 g/mol. The number of nitrogens with zero attached hydrogens (tertiary/aromatic N) is 2. The largest absolute Gasteiger partial charge is 0.493 e. The van der Waals surface area contributed by atoms with Crippen LogP contribution >= 0.6 is 0 Å². The maximum absolute atomic E-state index is 12.7. The molecule has 0 spiro atoms. The van der Waals surface area contributed by atoms with Crippen LogP contribution in [0.25, 0.3) is 5.69 Å². The number of nitrogens with one attached hydrogen (secondary N) is 1. The molecule has 1 amide bonds. The molecule has 1 aromatic heterocycles. The van der Waals surface area contributed by atoms with Gasteiger partial charge < -0.3 is 19.5 Å². The second kappa shape index (κ2) is 10.2. The minimum absolute atomic E-state index is 0.321. The van der Waals surface area contributed by atoms with E-state index in [9.17, 15) is 9.59 Å². The first kappa shape index (κ1) is 22.4. The predicted octanol–water partition coefficient (Wildman–Crippen LogP) is 3.28. The van der Waals surface area contributed by atoms with Crippen molar-refractivity contribution in [2.45, 2.75) is 25.2 Å². The Morgan fingerprint density at radius 2 is 1.79 bits per heavy atom. The smallest absolute Gasteiger partial charge is 0.357 e. The number of rotatable bonds is 10. The van der Waals surface area contributed by atoms with Crippen molar-refractivity contribution in [1.29, 1.82) is 0 Å². The molecule has 2 aromatic carbocycles. The summed E-state index contributed by atoms with van der Waals surface area (Å²) >= 11 is 0. The Morgan fingerprint density at radius 3 is 2.48 bits per heavy atom. The highest BCUT2D eigenvalue weighted by Gasteiger charge is 2.29. The zero-order valence-electron chi connectivity index (χ0n) is 18.7. The molecular weight excluding hydrogens is 422 g/mol. The molecule has 3 aromatic rings. The van der Waals surface area contributed by atoms with Gasteiger partial charge in [-0.05, 0) is 55.2 Å². The molecule has 1 saturated carbocycles. The van der Waals surface area contributed by atoms with Crippen molar-refractivity contribution in [3.05, 3.63) is 71.5 Å². The average Bonchev–Trinajstić information content (AvgIpc) is 3.61. The van der Waals surface area contributed by atoms with Gasteiger partial charge in [0.25, 0.3) is 5.91 Å². The maximum atomic E-state index is 12.7. The second-order valence-electron chi connectivity index (χ2n) is 7.84. The van der Waals surface area contributed by atoms with Crippen molar-refractivity contribution in [3.8, 4) is 17.2 Å². The molecule has 0 aliphatic heterocycles. The van der Waals surface area contributed by atoms with E-state index in [1.807, 2.05) is 48.5 Å². The number of carbonyl (C=O) groups is 2. The van der Waals surface area contributed by atoms with Crippen molar-refractivity contribution in [1.82, 2.24) is 15.1 Å². The van der Waals surface area contributed by atoms with Crippen LogP contribution in [0, 0.1) is 0 Å². The first-order chi connectivity index (χ1) is 16.1. The van der Waals surface area contributed by atoms with E-state index >= 15 is 0 Å². The van der Waals surface area contributed by atoms with Crippen LogP contribution in [0.1, 0.15) is 40.5 Å². The number of ether oxygens (including phenoxy) is 3. The van der Waals surface area contributed by atoms with E-state index in [1.54, 1.807) is 25.0 Å². The Balaban J connectivity index is 1.31. The highest BCUT2D eigenvalue weighted by Crippen LogP contribution is 2.39. The number of carbonyl (C=O) groups excluding carboxylic acids is 2. The van der Waals surface area contributed by atoms with Crippen molar-refractivity contribution in [3.63, 3.8) is 0 Å². The molecule has 33 heavy (non-hydrogen) atoms. The van der Waals surface area contributed by atoms with Crippen LogP contribution < -0.4 is 14.8 Å². The molecule has 0 saturated heterocycles. The number of methoxy groups -OCH3 is 2. The highest BCUT2D eigenvalue weighted by atomic mass is 16.5. The minimum Gasteiger partial charge on any atom is -0.493 e. The maximum Gasteiger partial charge on any atom is 0.357 e. The fourth-order valence-electron chi connectivity index (χ4n) is 3.53. The third-order valence-corrected chi connectivity index (χ3v) is 5.45. The first-order valence-corrected chi connectivity index (χ1v) is 10.9. The molecule has 0 unspecified atom stereocenters. The molecule has 172 valence electrons. The molecule has 0 atom stereocenters. The Hall–Kier alpha value is -3.81. The molecule has 1 fully saturated rings. The zero-order chi connectivity index (χ0) is 23.2. The summed E-state index contributed by atoms with van der Waals surface area (Å²) in [6.45, 7) is 0.0448. The summed E-state index contributed by atoms with van der Waals surface area (Å²) in [7, 11) is 3.16. The van der Waals surface area contributed by atoms with E-state index in [1.165, 1.54) is 0 Å². The van der Waals surface area contributed by atoms with Gasteiger partial charge in [-0.1, -0.05) is 24.3 Å². The Labute approximate surface area is 192 Å². The normalized spacial score (nSPS) is 12.8. The van der Waals surface area contributed by atoms with Crippen molar-refractivity contribution in [2.24, 2.45) is 0 Å². The van der Waals surface area contributed by atoms with Crippen LogP contribution in [0.15, 0.2) is 54.6 Å². The van der Waals surface area contributed by atoms with E-state index in [0.29, 0.717) is 36.1 Å². The Bertz CT molecular complexity index is 1120. The third kappa shape index (κ3) is 5.52. The molecule has 1 heterocycles. The lowest BCUT2D eigenvalue weighted by Crippen LogP contribution is -2.30. The van der Waals surface area contributed by atoms with Crippen LogP contribution in [0.3, 0.4) is 0 Å². The quantitative estimate of drug-likeness (QED) is 0.478. The number of benzene rings is 2. The molecule has 0 radical (unpaired) electrons. The number of hydrogen-bond donors (Lipinski definition) is 1. The average molecular weight is 450 g/mol. The zero-order valence-corrected chi connectivity index (χ0v) is 18.7. The van der Waals surface area contributed by atoms with E-state index in [0.717, 1.165) is 29.8 Å². The van der Waals surface area contributed by atoms with Gasteiger partial charge in [0, 0.05) is 12.5 Å². The summed E-state index contributed by atoms with van der Waals surface area (Å²) in [5.41, 5.74) is 2.96. The van der Waals surface area contributed by atoms with Gasteiger partial charge in [-0.25, -0.2) is 9.48 Å². The molecule has 8 nitrogen and oxygen atoms in total. The summed E-state index contributed by atoms with van der Waals surface area (Å²) in [4.78, 5) is 25.0. The lowest BCUT2D eigenvalue weighted by atomic mass is 10.1. The van der Waals surface area contributed by atoms with E-state index in [4.69, 9.17) is 14.2 Å². The summed E-state index contributed by atoms with van der Waals surface area (Å²) < 4.78 is 17.4. The van der Waals surface area contributed by atoms with Crippen LogP contribution in [0.4, 0.5) is 0 Å². The predicted molar refractivity (Wildman–Crippen MR) is 122 cm³/mol. The highest BCUT2D eigenvalue weighted by molar-refractivity contribution is 5.90. The van der Waals surface area contributed by atoms with E-state index < -0.39 is 5.97 Å². The molecule has 4 rings (SSSR count). The number of para-hydroxylation sites is 1. The summed E-state index contributed by atoms with van der Waals surface area (Å²) in [6, 6.07) is 16.8. The van der Waals surface area contributed by atoms with Crippen molar-refractivity contribution < 1.29 is 23.8 Å². The van der Waals surface area contributed by atoms with Crippen LogP contribution in [0.5, 0.6) is 11.5 Å². The van der Waals surface area contributed by atoms with Gasteiger partial charge in [-0.15, -0.1) is 0 Å². The van der Waals surface area contributed by atoms with E-state index in [2.05, 4.69) is 10.4 Å². The number of aromatic nitrogens is 2.